The minimum absolute atomic E-state index is 1.00. The molecule has 0 aromatic heterocycles. The molecule has 14 heavy (non-hydrogen) atoms. The van der Waals surface area contributed by atoms with Gasteiger partial charge in [-0.15, -0.1) is 0 Å². The van der Waals surface area contributed by atoms with Gasteiger partial charge in [0.05, 0.1) is 0 Å². The normalized spacial score (nSPS) is 24.0. The van der Waals surface area contributed by atoms with Crippen molar-refractivity contribution in [3.63, 3.8) is 0 Å². The van der Waals surface area contributed by atoms with Crippen molar-refractivity contribution < 1.29 is 0 Å². The molecular weight excluding hydrogens is 170 g/mol. The Morgan fingerprint density at radius 3 is 2.36 bits per heavy atom. The number of nitrogens with one attached hydrogen (secondary N) is 1. The van der Waals surface area contributed by atoms with Crippen LogP contribution >= 0.6 is 0 Å². The van der Waals surface area contributed by atoms with E-state index in [9.17, 15) is 0 Å². The third-order valence-electron chi connectivity index (χ3n) is 3.82. The van der Waals surface area contributed by atoms with Crippen LogP contribution in [0.15, 0.2) is 0 Å². The van der Waals surface area contributed by atoms with E-state index in [1.165, 1.54) is 70.9 Å². The third-order valence-corrected chi connectivity index (χ3v) is 3.82. The summed E-state index contributed by atoms with van der Waals surface area (Å²) in [7, 11) is 0. The van der Waals surface area contributed by atoms with Crippen molar-refractivity contribution in [2.24, 2.45) is 11.8 Å². The summed E-state index contributed by atoms with van der Waals surface area (Å²) in [5.41, 5.74) is 0. The lowest BCUT2D eigenvalue weighted by Gasteiger charge is -2.21. The molecule has 0 spiro atoms. The van der Waals surface area contributed by atoms with Crippen LogP contribution in [0.3, 0.4) is 0 Å². The molecule has 2 saturated carbocycles. The van der Waals surface area contributed by atoms with Gasteiger partial charge in [-0.05, 0) is 50.6 Å². The van der Waals surface area contributed by atoms with Crippen molar-refractivity contribution in [3.05, 3.63) is 0 Å². The summed E-state index contributed by atoms with van der Waals surface area (Å²) in [6, 6.07) is 0. The summed E-state index contributed by atoms with van der Waals surface area (Å²) in [5.74, 6) is 2.12. The lowest BCUT2D eigenvalue weighted by atomic mass is 9.89. The topological polar surface area (TPSA) is 12.0 Å². The first-order chi connectivity index (χ1) is 6.95. The summed E-state index contributed by atoms with van der Waals surface area (Å²) in [4.78, 5) is 0. The highest BCUT2D eigenvalue weighted by Crippen LogP contribution is 2.33. The Kier molecular flexibility index (Phi) is 4.30. The SMILES string of the molecule is C1CCC(CNCCCC2CC2)CC1. The summed E-state index contributed by atoms with van der Waals surface area (Å²) in [6.45, 7) is 2.57. The zero-order valence-corrected chi connectivity index (χ0v) is 9.43. The molecule has 0 atom stereocenters. The minimum Gasteiger partial charge on any atom is -0.316 e. The van der Waals surface area contributed by atoms with Gasteiger partial charge in [-0.25, -0.2) is 0 Å². The Bertz CT molecular complexity index is 145. The van der Waals surface area contributed by atoms with Gasteiger partial charge in [-0.2, -0.15) is 0 Å². The molecule has 0 heterocycles. The molecule has 0 aromatic rings. The Morgan fingerprint density at radius 1 is 0.857 bits per heavy atom. The van der Waals surface area contributed by atoms with E-state index >= 15 is 0 Å². The molecule has 0 unspecified atom stereocenters. The fourth-order valence-corrected chi connectivity index (χ4v) is 2.62. The van der Waals surface area contributed by atoms with Gasteiger partial charge in [-0.3, -0.25) is 0 Å². The lowest BCUT2D eigenvalue weighted by molar-refractivity contribution is 0.341. The summed E-state index contributed by atoms with van der Waals surface area (Å²) >= 11 is 0. The van der Waals surface area contributed by atoms with Crippen LogP contribution in [0.1, 0.15) is 57.8 Å². The molecule has 1 nitrogen and oxygen atoms in total. The van der Waals surface area contributed by atoms with E-state index in [1.54, 1.807) is 0 Å². The molecule has 1 heteroatoms. The van der Waals surface area contributed by atoms with Crippen LogP contribution in [0.5, 0.6) is 0 Å². The second-order valence-electron chi connectivity index (χ2n) is 5.29. The van der Waals surface area contributed by atoms with Crippen LogP contribution in [0, 0.1) is 11.8 Å². The molecule has 0 radical (unpaired) electrons. The maximum atomic E-state index is 3.64. The van der Waals surface area contributed by atoms with Crippen molar-refractivity contribution >= 4 is 0 Å². The zero-order valence-electron chi connectivity index (χ0n) is 9.43. The van der Waals surface area contributed by atoms with Gasteiger partial charge in [0.25, 0.3) is 0 Å². The molecule has 0 aromatic carbocycles. The monoisotopic (exact) mass is 195 g/mol. The quantitative estimate of drug-likeness (QED) is 0.641. The minimum atomic E-state index is 1.00. The molecule has 2 fully saturated rings. The maximum absolute atomic E-state index is 3.64. The molecule has 2 rings (SSSR count). The highest BCUT2D eigenvalue weighted by atomic mass is 14.9. The molecule has 0 aliphatic heterocycles. The number of hydrogen-bond donors (Lipinski definition) is 1. The van der Waals surface area contributed by atoms with Gasteiger partial charge in [0.15, 0.2) is 0 Å². The van der Waals surface area contributed by atoms with Crippen LogP contribution in [0.2, 0.25) is 0 Å². The second-order valence-corrected chi connectivity index (χ2v) is 5.29. The molecule has 2 aliphatic carbocycles. The lowest BCUT2D eigenvalue weighted by Crippen LogP contribution is -2.25. The first-order valence-electron chi connectivity index (χ1n) is 6.66. The smallest absolute Gasteiger partial charge is 0.00205 e. The fraction of sp³-hybridized carbons (Fsp3) is 1.00. The van der Waals surface area contributed by atoms with Crippen LogP contribution in [-0.4, -0.2) is 13.1 Å². The van der Waals surface area contributed by atoms with Gasteiger partial charge in [0, 0.05) is 0 Å². The van der Waals surface area contributed by atoms with Gasteiger partial charge >= 0.3 is 0 Å². The molecular formula is C13H25N. The van der Waals surface area contributed by atoms with Gasteiger partial charge < -0.3 is 5.32 Å². The van der Waals surface area contributed by atoms with E-state index in [4.69, 9.17) is 0 Å². The Balaban J connectivity index is 1.41. The largest absolute Gasteiger partial charge is 0.316 e. The van der Waals surface area contributed by atoms with E-state index in [0.717, 1.165) is 11.8 Å². The predicted molar refractivity (Wildman–Crippen MR) is 61.4 cm³/mol. The maximum Gasteiger partial charge on any atom is -0.00205 e. The first kappa shape index (κ1) is 10.5. The molecule has 0 saturated heterocycles. The van der Waals surface area contributed by atoms with E-state index in [0.29, 0.717) is 0 Å². The number of rotatable bonds is 6. The highest BCUT2D eigenvalue weighted by Gasteiger charge is 2.20. The Morgan fingerprint density at radius 2 is 1.64 bits per heavy atom. The van der Waals surface area contributed by atoms with Crippen molar-refractivity contribution in [1.29, 1.82) is 0 Å². The predicted octanol–water partition coefficient (Wildman–Crippen LogP) is 3.35. The van der Waals surface area contributed by atoms with Crippen LogP contribution in [0.4, 0.5) is 0 Å². The molecule has 1 N–H and O–H groups in total. The third kappa shape index (κ3) is 4.00. The Hall–Kier alpha value is -0.0400. The van der Waals surface area contributed by atoms with E-state index in [2.05, 4.69) is 5.32 Å². The zero-order chi connectivity index (χ0) is 9.64. The van der Waals surface area contributed by atoms with E-state index in [1.807, 2.05) is 0 Å². The van der Waals surface area contributed by atoms with Crippen molar-refractivity contribution in [3.8, 4) is 0 Å². The summed E-state index contributed by atoms with van der Waals surface area (Å²) in [5, 5.41) is 3.64. The van der Waals surface area contributed by atoms with Gasteiger partial charge in [0.2, 0.25) is 0 Å². The number of hydrogen-bond acceptors (Lipinski definition) is 1. The van der Waals surface area contributed by atoms with E-state index < -0.39 is 0 Å². The van der Waals surface area contributed by atoms with Gasteiger partial charge in [0.1, 0.15) is 0 Å². The second kappa shape index (κ2) is 5.75. The first-order valence-corrected chi connectivity index (χ1v) is 6.66. The molecule has 0 bridgehead atoms. The van der Waals surface area contributed by atoms with E-state index in [-0.39, 0.29) is 0 Å². The molecule has 0 amide bonds. The van der Waals surface area contributed by atoms with Crippen LogP contribution in [-0.2, 0) is 0 Å². The highest BCUT2D eigenvalue weighted by molar-refractivity contribution is 4.73. The standard InChI is InChI=1S/C13H25N/c1-2-5-13(6-3-1)11-14-10-4-7-12-8-9-12/h12-14H,1-11H2. The van der Waals surface area contributed by atoms with Crippen LogP contribution in [0.25, 0.3) is 0 Å². The average Bonchev–Trinajstić information content (AvgIpc) is 3.03. The van der Waals surface area contributed by atoms with Crippen molar-refractivity contribution in [1.82, 2.24) is 5.32 Å². The van der Waals surface area contributed by atoms with Crippen molar-refractivity contribution in [2.75, 3.05) is 13.1 Å². The Labute approximate surface area is 88.7 Å². The van der Waals surface area contributed by atoms with Crippen molar-refractivity contribution in [2.45, 2.75) is 57.8 Å². The van der Waals surface area contributed by atoms with Crippen LogP contribution < -0.4 is 5.32 Å². The molecule has 2 aliphatic rings. The fourth-order valence-electron chi connectivity index (χ4n) is 2.62. The average molecular weight is 195 g/mol. The van der Waals surface area contributed by atoms with Gasteiger partial charge in [-0.1, -0.05) is 32.1 Å². The summed E-state index contributed by atoms with van der Waals surface area (Å²) in [6.07, 6.45) is 13.3. The summed E-state index contributed by atoms with van der Waals surface area (Å²) < 4.78 is 0. The molecule has 82 valence electrons.